The topological polar surface area (TPSA) is 58.1 Å². The van der Waals surface area contributed by atoms with Crippen LogP contribution in [0.15, 0.2) is 67.0 Å². The fourth-order valence-corrected chi connectivity index (χ4v) is 2.43. The number of carbonyl (C=O) groups excluding carboxylic acids is 1. The molecule has 0 bridgehead atoms. The van der Waals surface area contributed by atoms with Crippen LogP contribution in [0.2, 0.25) is 5.02 Å². The minimum atomic E-state index is -0.313. The number of halogens is 1. The second kappa shape index (κ2) is 7.77. The van der Waals surface area contributed by atoms with Gasteiger partial charge in [0.2, 0.25) is 0 Å². The molecule has 0 saturated carbocycles. The van der Waals surface area contributed by atoms with Gasteiger partial charge in [-0.3, -0.25) is 4.79 Å². The molecule has 1 heterocycles. The summed E-state index contributed by atoms with van der Waals surface area (Å²) < 4.78 is 0. The van der Waals surface area contributed by atoms with Crippen molar-refractivity contribution in [2.24, 2.45) is 0 Å². The van der Waals surface area contributed by atoms with Gasteiger partial charge in [-0.2, -0.15) is 0 Å². The smallest absolute Gasteiger partial charge is 0.275 e. The monoisotopic (exact) mass is 352 g/mol. The maximum atomic E-state index is 12.2. The van der Waals surface area contributed by atoms with Crippen LogP contribution in [0.25, 0.3) is 0 Å². The lowest BCUT2D eigenvalue weighted by molar-refractivity contribution is 0.102. The molecule has 0 saturated heterocycles. The summed E-state index contributed by atoms with van der Waals surface area (Å²) in [5, 5.41) is 3.37. The van der Waals surface area contributed by atoms with Crippen LogP contribution in [0.4, 0.5) is 11.5 Å². The SMILES string of the molecule is CN(Cc1ccccc1)c1cnc(C(=O)Nc2ccc(Cl)cc2)cn1. The molecule has 6 heteroatoms. The Morgan fingerprint density at radius 3 is 2.40 bits per heavy atom. The number of carbonyl (C=O) groups is 1. The molecule has 3 aromatic rings. The van der Waals surface area contributed by atoms with E-state index in [1.165, 1.54) is 11.8 Å². The van der Waals surface area contributed by atoms with Gasteiger partial charge in [-0.15, -0.1) is 0 Å². The lowest BCUT2D eigenvalue weighted by Crippen LogP contribution is -2.19. The third-order valence-electron chi connectivity index (χ3n) is 3.63. The molecule has 0 radical (unpaired) electrons. The normalized spacial score (nSPS) is 10.3. The van der Waals surface area contributed by atoms with Crippen LogP contribution in [0, 0.1) is 0 Å². The van der Waals surface area contributed by atoms with Crippen molar-refractivity contribution >= 4 is 29.0 Å². The summed E-state index contributed by atoms with van der Waals surface area (Å²) in [5.74, 6) is 0.388. The average molecular weight is 353 g/mol. The first-order valence-corrected chi connectivity index (χ1v) is 8.13. The van der Waals surface area contributed by atoms with Gasteiger partial charge in [-0.1, -0.05) is 41.9 Å². The molecule has 2 aromatic carbocycles. The van der Waals surface area contributed by atoms with Gasteiger partial charge in [0.25, 0.3) is 5.91 Å². The molecule has 0 aliphatic carbocycles. The summed E-state index contributed by atoms with van der Waals surface area (Å²) >= 11 is 5.83. The van der Waals surface area contributed by atoms with Crippen molar-refractivity contribution in [2.45, 2.75) is 6.54 Å². The lowest BCUT2D eigenvalue weighted by atomic mass is 10.2. The lowest BCUT2D eigenvalue weighted by Gasteiger charge is -2.17. The number of anilines is 2. The van der Waals surface area contributed by atoms with Crippen molar-refractivity contribution in [1.29, 1.82) is 0 Å². The largest absolute Gasteiger partial charge is 0.354 e. The summed E-state index contributed by atoms with van der Waals surface area (Å²) in [7, 11) is 1.93. The zero-order valence-electron chi connectivity index (χ0n) is 13.7. The van der Waals surface area contributed by atoms with Gasteiger partial charge < -0.3 is 10.2 Å². The molecule has 0 aliphatic rings. The Morgan fingerprint density at radius 2 is 1.76 bits per heavy atom. The minimum absolute atomic E-state index is 0.256. The van der Waals surface area contributed by atoms with Crippen LogP contribution in [0.5, 0.6) is 0 Å². The third kappa shape index (κ3) is 4.55. The summed E-state index contributed by atoms with van der Waals surface area (Å²) in [6.45, 7) is 0.714. The van der Waals surface area contributed by atoms with E-state index in [2.05, 4.69) is 27.4 Å². The van der Waals surface area contributed by atoms with Crippen LogP contribution in [-0.4, -0.2) is 22.9 Å². The summed E-state index contributed by atoms with van der Waals surface area (Å²) in [4.78, 5) is 22.7. The molecule has 0 unspecified atom stereocenters. The van der Waals surface area contributed by atoms with Crippen LogP contribution in [0.1, 0.15) is 16.1 Å². The Bertz CT molecular complexity index is 836. The van der Waals surface area contributed by atoms with Crippen molar-refractivity contribution < 1.29 is 4.79 Å². The number of benzene rings is 2. The number of hydrogen-bond donors (Lipinski definition) is 1. The Labute approximate surface area is 151 Å². The van der Waals surface area contributed by atoms with Crippen molar-refractivity contribution in [1.82, 2.24) is 9.97 Å². The molecule has 5 nitrogen and oxygen atoms in total. The third-order valence-corrected chi connectivity index (χ3v) is 3.88. The van der Waals surface area contributed by atoms with E-state index >= 15 is 0 Å². The number of amides is 1. The number of aromatic nitrogens is 2. The Hall–Kier alpha value is -2.92. The molecule has 1 aromatic heterocycles. The van der Waals surface area contributed by atoms with Crippen LogP contribution >= 0.6 is 11.6 Å². The summed E-state index contributed by atoms with van der Waals surface area (Å²) in [6.07, 6.45) is 3.07. The van der Waals surface area contributed by atoms with Crippen molar-refractivity contribution in [3.63, 3.8) is 0 Å². The van der Waals surface area contributed by atoms with Crippen LogP contribution < -0.4 is 10.2 Å². The van der Waals surface area contributed by atoms with Gasteiger partial charge in [0.05, 0.1) is 12.4 Å². The molecule has 1 N–H and O–H groups in total. The van der Waals surface area contributed by atoms with Gasteiger partial charge in [-0.05, 0) is 29.8 Å². The summed E-state index contributed by atoms with van der Waals surface area (Å²) in [6, 6.07) is 17.0. The fourth-order valence-electron chi connectivity index (χ4n) is 2.30. The first-order valence-electron chi connectivity index (χ1n) is 7.76. The molecule has 25 heavy (non-hydrogen) atoms. The maximum absolute atomic E-state index is 12.2. The Kier molecular flexibility index (Phi) is 5.26. The zero-order valence-corrected chi connectivity index (χ0v) is 14.4. The van der Waals surface area contributed by atoms with Crippen LogP contribution in [0.3, 0.4) is 0 Å². The van der Waals surface area contributed by atoms with E-state index in [1.54, 1.807) is 30.5 Å². The van der Waals surface area contributed by atoms with E-state index in [0.717, 1.165) is 0 Å². The van der Waals surface area contributed by atoms with E-state index < -0.39 is 0 Å². The average Bonchev–Trinajstić information content (AvgIpc) is 2.64. The quantitative estimate of drug-likeness (QED) is 0.753. The van der Waals surface area contributed by atoms with E-state index in [0.29, 0.717) is 23.1 Å². The van der Waals surface area contributed by atoms with Gasteiger partial charge in [0, 0.05) is 24.3 Å². The minimum Gasteiger partial charge on any atom is -0.354 e. The molecule has 0 spiro atoms. The highest BCUT2D eigenvalue weighted by molar-refractivity contribution is 6.30. The fraction of sp³-hybridized carbons (Fsp3) is 0.105. The Morgan fingerprint density at radius 1 is 1.04 bits per heavy atom. The zero-order chi connectivity index (χ0) is 17.6. The molecular weight excluding hydrogens is 336 g/mol. The maximum Gasteiger partial charge on any atom is 0.275 e. The Balaban J connectivity index is 1.65. The second-order valence-electron chi connectivity index (χ2n) is 5.56. The van der Waals surface area contributed by atoms with E-state index in [9.17, 15) is 4.79 Å². The van der Waals surface area contributed by atoms with E-state index in [4.69, 9.17) is 11.6 Å². The highest BCUT2D eigenvalue weighted by atomic mass is 35.5. The highest BCUT2D eigenvalue weighted by Crippen LogP contribution is 2.15. The standard InChI is InChI=1S/C19H17ClN4O/c1-24(13-14-5-3-2-4-6-14)18-12-21-17(11-22-18)19(25)23-16-9-7-15(20)8-10-16/h2-12H,13H2,1H3,(H,23,25). The number of hydrogen-bond acceptors (Lipinski definition) is 4. The van der Waals surface area contributed by atoms with E-state index in [1.807, 2.05) is 30.1 Å². The van der Waals surface area contributed by atoms with Gasteiger partial charge in [0.15, 0.2) is 0 Å². The predicted octanol–water partition coefficient (Wildman–Crippen LogP) is 4.02. The predicted molar refractivity (Wildman–Crippen MR) is 100.0 cm³/mol. The van der Waals surface area contributed by atoms with Crippen molar-refractivity contribution in [3.05, 3.63) is 83.3 Å². The number of nitrogens with one attached hydrogen (secondary N) is 1. The molecule has 3 rings (SSSR count). The first-order chi connectivity index (χ1) is 12.1. The summed E-state index contributed by atoms with van der Waals surface area (Å²) in [5.41, 5.74) is 2.09. The van der Waals surface area contributed by atoms with Crippen molar-refractivity contribution in [2.75, 3.05) is 17.3 Å². The highest BCUT2D eigenvalue weighted by Gasteiger charge is 2.10. The van der Waals surface area contributed by atoms with Crippen LogP contribution in [-0.2, 0) is 6.54 Å². The number of rotatable bonds is 5. The van der Waals surface area contributed by atoms with Gasteiger partial charge >= 0.3 is 0 Å². The van der Waals surface area contributed by atoms with E-state index in [-0.39, 0.29) is 11.6 Å². The molecule has 0 fully saturated rings. The van der Waals surface area contributed by atoms with Gasteiger partial charge in [0.1, 0.15) is 11.5 Å². The molecule has 1 amide bonds. The first kappa shape index (κ1) is 16.9. The second-order valence-corrected chi connectivity index (χ2v) is 6.00. The molecular formula is C19H17ClN4O. The molecule has 0 atom stereocenters. The van der Waals surface area contributed by atoms with Gasteiger partial charge in [-0.25, -0.2) is 9.97 Å². The van der Waals surface area contributed by atoms with Crippen molar-refractivity contribution in [3.8, 4) is 0 Å². The molecule has 126 valence electrons. The molecule has 0 aliphatic heterocycles. The number of nitrogens with zero attached hydrogens (tertiary/aromatic N) is 3.